The molecule has 7 heteroatoms. The molecule has 1 aliphatic rings. The quantitative estimate of drug-likeness (QED) is 0.803. The standard InChI is InChI=1S/C11H15ClN6/c1-18(7-2-3-7)5-4-13-9-8-6-14-17-10(8)16-11(12)15-9/h6-7H,2-5H2,1H3,(H2,13,14,15,16,17). The van der Waals surface area contributed by atoms with Gasteiger partial charge in [-0.2, -0.15) is 15.1 Å². The molecule has 0 radical (unpaired) electrons. The molecule has 3 rings (SSSR count). The molecule has 96 valence electrons. The lowest BCUT2D eigenvalue weighted by atomic mass is 10.4. The molecule has 2 N–H and O–H groups in total. The van der Waals surface area contributed by atoms with Crippen molar-refractivity contribution in [2.24, 2.45) is 0 Å². The van der Waals surface area contributed by atoms with Crippen molar-refractivity contribution < 1.29 is 0 Å². The number of hydrogen-bond donors (Lipinski definition) is 2. The number of H-pyrrole nitrogens is 1. The number of nitrogens with zero attached hydrogens (tertiary/aromatic N) is 4. The summed E-state index contributed by atoms with van der Waals surface area (Å²) in [5, 5.41) is 11.1. The average molecular weight is 267 g/mol. The van der Waals surface area contributed by atoms with Crippen LogP contribution in [0, 0.1) is 0 Å². The first-order chi connectivity index (χ1) is 8.74. The van der Waals surface area contributed by atoms with E-state index in [4.69, 9.17) is 11.6 Å². The SMILES string of the molecule is CN(CCNc1nc(Cl)nc2[nH]ncc12)C1CC1. The number of aromatic nitrogens is 4. The minimum atomic E-state index is 0.227. The molecule has 0 aromatic carbocycles. The Morgan fingerprint density at radius 1 is 1.50 bits per heavy atom. The number of likely N-dealkylation sites (N-methyl/N-ethyl adjacent to an activating group) is 1. The van der Waals surface area contributed by atoms with Gasteiger partial charge in [0.05, 0.1) is 11.6 Å². The van der Waals surface area contributed by atoms with Crippen molar-refractivity contribution in [3.8, 4) is 0 Å². The van der Waals surface area contributed by atoms with Crippen molar-refractivity contribution in [3.05, 3.63) is 11.5 Å². The summed E-state index contributed by atoms with van der Waals surface area (Å²) in [5.74, 6) is 0.739. The molecule has 2 aromatic heterocycles. The Labute approximate surface area is 110 Å². The molecule has 1 aliphatic carbocycles. The van der Waals surface area contributed by atoms with Crippen molar-refractivity contribution in [2.75, 3.05) is 25.5 Å². The van der Waals surface area contributed by atoms with Gasteiger partial charge in [-0.1, -0.05) is 0 Å². The molecule has 6 nitrogen and oxygen atoms in total. The highest BCUT2D eigenvalue weighted by atomic mass is 35.5. The first kappa shape index (κ1) is 11.7. The fourth-order valence-electron chi connectivity index (χ4n) is 1.99. The topological polar surface area (TPSA) is 69.7 Å². The summed E-state index contributed by atoms with van der Waals surface area (Å²) >= 11 is 5.86. The van der Waals surface area contributed by atoms with Gasteiger partial charge >= 0.3 is 0 Å². The average Bonchev–Trinajstić information content (AvgIpc) is 3.08. The molecule has 0 saturated heterocycles. The minimum absolute atomic E-state index is 0.227. The van der Waals surface area contributed by atoms with E-state index in [0.29, 0.717) is 5.65 Å². The summed E-state index contributed by atoms with van der Waals surface area (Å²) in [7, 11) is 2.15. The molecule has 1 saturated carbocycles. The minimum Gasteiger partial charge on any atom is -0.368 e. The molecule has 2 aromatic rings. The highest BCUT2D eigenvalue weighted by molar-refractivity contribution is 6.28. The van der Waals surface area contributed by atoms with Crippen molar-refractivity contribution >= 4 is 28.5 Å². The third kappa shape index (κ3) is 2.39. The van der Waals surface area contributed by atoms with Crippen LogP contribution in [0.15, 0.2) is 6.20 Å². The van der Waals surface area contributed by atoms with Crippen LogP contribution in [-0.4, -0.2) is 51.2 Å². The number of rotatable bonds is 5. The van der Waals surface area contributed by atoms with Gasteiger partial charge in [0.1, 0.15) is 5.82 Å². The summed E-state index contributed by atoms with van der Waals surface area (Å²) < 4.78 is 0. The predicted molar refractivity (Wildman–Crippen MR) is 70.8 cm³/mol. The summed E-state index contributed by atoms with van der Waals surface area (Å²) in [5.41, 5.74) is 0.660. The van der Waals surface area contributed by atoms with Crippen molar-refractivity contribution in [1.82, 2.24) is 25.1 Å². The summed E-state index contributed by atoms with van der Waals surface area (Å²) in [6.45, 7) is 1.83. The fourth-order valence-corrected chi connectivity index (χ4v) is 2.16. The van der Waals surface area contributed by atoms with Crippen LogP contribution in [0.4, 0.5) is 5.82 Å². The lowest BCUT2D eigenvalue weighted by molar-refractivity contribution is 0.337. The molecule has 0 spiro atoms. The molecule has 0 bridgehead atoms. The fraction of sp³-hybridized carbons (Fsp3) is 0.545. The molecule has 1 fully saturated rings. The van der Waals surface area contributed by atoms with E-state index in [-0.39, 0.29) is 5.28 Å². The second-order valence-electron chi connectivity index (χ2n) is 4.61. The number of halogens is 1. The van der Waals surface area contributed by atoms with Crippen LogP contribution in [0.5, 0.6) is 0 Å². The predicted octanol–water partition coefficient (Wildman–Crippen LogP) is 1.51. The van der Waals surface area contributed by atoms with E-state index in [1.54, 1.807) is 6.20 Å². The Hall–Kier alpha value is -1.40. The molecule has 18 heavy (non-hydrogen) atoms. The van der Waals surface area contributed by atoms with E-state index in [1.165, 1.54) is 12.8 Å². The van der Waals surface area contributed by atoms with Gasteiger partial charge < -0.3 is 10.2 Å². The van der Waals surface area contributed by atoms with Gasteiger partial charge in [-0.25, -0.2) is 0 Å². The van der Waals surface area contributed by atoms with E-state index in [0.717, 1.165) is 30.3 Å². The number of fused-ring (bicyclic) bond motifs is 1. The normalized spacial score (nSPS) is 15.5. The van der Waals surface area contributed by atoms with E-state index < -0.39 is 0 Å². The van der Waals surface area contributed by atoms with Crippen LogP contribution in [-0.2, 0) is 0 Å². The van der Waals surface area contributed by atoms with E-state index in [9.17, 15) is 0 Å². The zero-order chi connectivity index (χ0) is 12.5. The first-order valence-corrected chi connectivity index (χ1v) is 6.42. The number of hydrogen-bond acceptors (Lipinski definition) is 5. The molecule has 2 heterocycles. The maximum atomic E-state index is 5.86. The van der Waals surface area contributed by atoms with Gasteiger partial charge in [0.25, 0.3) is 0 Å². The number of nitrogens with one attached hydrogen (secondary N) is 2. The maximum absolute atomic E-state index is 5.86. The van der Waals surface area contributed by atoms with Crippen LogP contribution in [0.25, 0.3) is 11.0 Å². The lowest BCUT2D eigenvalue weighted by Crippen LogP contribution is -2.27. The summed E-state index contributed by atoms with van der Waals surface area (Å²) in [6, 6.07) is 0.773. The molecule has 0 aliphatic heterocycles. The monoisotopic (exact) mass is 266 g/mol. The first-order valence-electron chi connectivity index (χ1n) is 6.05. The number of aromatic amines is 1. The zero-order valence-corrected chi connectivity index (χ0v) is 10.9. The largest absolute Gasteiger partial charge is 0.368 e. The zero-order valence-electron chi connectivity index (χ0n) is 10.1. The molecule has 0 amide bonds. The van der Waals surface area contributed by atoms with E-state index in [1.807, 2.05) is 0 Å². The Kier molecular flexibility index (Phi) is 3.05. The molecular formula is C11H15ClN6. The highest BCUT2D eigenvalue weighted by Gasteiger charge is 2.25. The Morgan fingerprint density at radius 3 is 3.11 bits per heavy atom. The summed E-state index contributed by atoms with van der Waals surface area (Å²) in [4.78, 5) is 10.6. The van der Waals surface area contributed by atoms with Crippen molar-refractivity contribution in [1.29, 1.82) is 0 Å². The molecule has 0 unspecified atom stereocenters. The van der Waals surface area contributed by atoms with Crippen molar-refractivity contribution in [2.45, 2.75) is 18.9 Å². The third-order valence-electron chi connectivity index (χ3n) is 3.21. The Morgan fingerprint density at radius 2 is 2.33 bits per heavy atom. The van der Waals surface area contributed by atoms with Crippen LogP contribution >= 0.6 is 11.6 Å². The smallest absolute Gasteiger partial charge is 0.226 e. The van der Waals surface area contributed by atoms with Crippen LogP contribution < -0.4 is 5.32 Å². The van der Waals surface area contributed by atoms with Gasteiger partial charge in [0, 0.05) is 19.1 Å². The van der Waals surface area contributed by atoms with Gasteiger partial charge in [0.15, 0.2) is 5.65 Å². The van der Waals surface area contributed by atoms with E-state index in [2.05, 4.69) is 37.4 Å². The van der Waals surface area contributed by atoms with Gasteiger partial charge in [0.2, 0.25) is 5.28 Å². The highest BCUT2D eigenvalue weighted by Crippen LogP contribution is 2.25. The Balaban J connectivity index is 1.67. The van der Waals surface area contributed by atoms with Crippen LogP contribution in [0.1, 0.15) is 12.8 Å². The third-order valence-corrected chi connectivity index (χ3v) is 3.38. The molecule has 0 atom stereocenters. The van der Waals surface area contributed by atoms with Crippen LogP contribution in [0.3, 0.4) is 0 Å². The Bertz CT molecular complexity index is 549. The van der Waals surface area contributed by atoms with Gasteiger partial charge in [-0.15, -0.1) is 0 Å². The van der Waals surface area contributed by atoms with Gasteiger partial charge in [-0.3, -0.25) is 5.10 Å². The summed E-state index contributed by atoms with van der Waals surface area (Å²) in [6.07, 6.45) is 4.35. The lowest BCUT2D eigenvalue weighted by Gasteiger charge is -2.16. The second-order valence-corrected chi connectivity index (χ2v) is 4.95. The van der Waals surface area contributed by atoms with Crippen LogP contribution in [0.2, 0.25) is 5.28 Å². The second kappa shape index (κ2) is 4.70. The van der Waals surface area contributed by atoms with E-state index >= 15 is 0 Å². The van der Waals surface area contributed by atoms with Gasteiger partial charge in [-0.05, 0) is 31.5 Å². The molecular weight excluding hydrogens is 252 g/mol. The number of anilines is 1. The van der Waals surface area contributed by atoms with Crippen molar-refractivity contribution in [3.63, 3.8) is 0 Å². The maximum Gasteiger partial charge on any atom is 0.226 e.